The number of amides is 3. The second kappa shape index (κ2) is 14.0. The normalized spacial score (nSPS) is 13.7. The Morgan fingerprint density at radius 1 is 1.07 bits per heavy atom. The lowest BCUT2D eigenvalue weighted by Gasteiger charge is -2.30. The van der Waals surface area contributed by atoms with Gasteiger partial charge in [0.25, 0.3) is 0 Å². The van der Waals surface area contributed by atoms with Crippen molar-refractivity contribution in [3.8, 4) is 10.6 Å². The number of fused-ring (bicyclic) bond motifs is 2. The van der Waals surface area contributed by atoms with Crippen LogP contribution in [0, 0.1) is 0 Å². The molecule has 2 aromatic carbocycles. The molecule has 0 spiro atoms. The van der Waals surface area contributed by atoms with Gasteiger partial charge in [-0.3, -0.25) is 4.79 Å². The Morgan fingerprint density at radius 2 is 1.80 bits per heavy atom. The molecule has 0 aliphatic carbocycles. The molecule has 1 unspecified atom stereocenters. The molecule has 4 aromatic rings. The van der Waals surface area contributed by atoms with Crippen LogP contribution < -0.4 is 5.32 Å². The van der Waals surface area contributed by atoms with Gasteiger partial charge in [-0.05, 0) is 63.8 Å². The number of hydrogen-bond donors (Lipinski definition) is 1. The van der Waals surface area contributed by atoms with Crippen LogP contribution in [0.15, 0.2) is 54.6 Å². The van der Waals surface area contributed by atoms with Gasteiger partial charge in [0, 0.05) is 36.0 Å². The van der Waals surface area contributed by atoms with E-state index in [1.54, 1.807) is 21.1 Å². The van der Waals surface area contributed by atoms with Crippen molar-refractivity contribution in [3.63, 3.8) is 0 Å². The van der Waals surface area contributed by atoms with Crippen molar-refractivity contribution in [3.05, 3.63) is 70.6 Å². The summed E-state index contributed by atoms with van der Waals surface area (Å²) >= 11 is 3.06. The first kappa shape index (κ1) is 32.4. The van der Waals surface area contributed by atoms with Gasteiger partial charge >= 0.3 is 12.2 Å². The molecule has 0 radical (unpaired) electrons. The monoisotopic (exact) mass is 648 g/mol. The zero-order valence-electron chi connectivity index (χ0n) is 26.4. The van der Waals surface area contributed by atoms with Crippen LogP contribution in [0.25, 0.3) is 20.8 Å². The van der Waals surface area contributed by atoms with Gasteiger partial charge in [-0.1, -0.05) is 49.4 Å². The van der Waals surface area contributed by atoms with E-state index in [2.05, 4.69) is 5.32 Å². The van der Waals surface area contributed by atoms with Gasteiger partial charge in [0.05, 0.1) is 16.8 Å². The van der Waals surface area contributed by atoms with Gasteiger partial charge in [-0.25, -0.2) is 14.6 Å². The van der Waals surface area contributed by atoms with Crippen molar-refractivity contribution >= 4 is 56.0 Å². The highest BCUT2D eigenvalue weighted by Gasteiger charge is 2.32. The Balaban J connectivity index is 1.34. The molecular weight excluding hydrogens is 609 g/mol. The molecule has 11 heteroatoms. The van der Waals surface area contributed by atoms with Gasteiger partial charge in [0.2, 0.25) is 5.91 Å². The summed E-state index contributed by atoms with van der Waals surface area (Å²) in [5.74, 6) is -0.205. The van der Waals surface area contributed by atoms with E-state index in [1.165, 1.54) is 11.3 Å². The maximum atomic E-state index is 13.4. The van der Waals surface area contributed by atoms with Crippen LogP contribution in [0.3, 0.4) is 0 Å². The number of para-hydroxylation sites is 1. The molecule has 0 saturated heterocycles. The SMILES string of the molecule is CCC(C)N(CCC(=O)Nc1sc2c(c1-c1nc3ccccc3s1)CCN(C(=O)OC(C)(C)C)C2)C(=O)OCc1ccccc1. The van der Waals surface area contributed by atoms with Gasteiger partial charge in [0.1, 0.15) is 22.2 Å². The molecule has 1 aliphatic heterocycles. The Labute approximate surface area is 272 Å². The number of nitrogens with one attached hydrogen (secondary N) is 1. The molecular formula is C34H40N4O5S2. The molecule has 5 rings (SSSR count). The molecule has 0 saturated carbocycles. The lowest BCUT2D eigenvalue weighted by Crippen LogP contribution is -2.40. The summed E-state index contributed by atoms with van der Waals surface area (Å²) in [6.45, 7) is 10.8. The van der Waals surface area contributed by atoms with Crippen molar-refractivity contribution in [2.45, 2.75) is 78.7 Å². The highest BCUT2D eigenvalue weighted by Crippen LogP contribution is 2.46. The number of aromatic nitrogens is 1. The Bertz CT molecular complexity index is 1630. The van der Waals surface area contributed by atoms with Crippen LogP contribution in [0.2, 0.25) is 0 Å². The van der Waals surface area contributed by atoms with E-state index in [9.17, 15) is 14.4 Å². The Morgan fingerprint density at radius 3 is 2.51 bits per heavy atom. The van der Waals surface area contributed by atoms with Crippen molar-refractivity contribution in [1.29, 1.82) is 0 Å². The second-order valence-electron chi connectivity index (χ2n) is 12.1. The number of ether oxygens (including phenoxy) is 2. The molecule has 1 N–H and O–H groups in total. The molecule has 9 nitrogen and oxygen atoms in total. The number of carbonyl (C=O) groups is 3. The van der Waals surface area contributed by atoms with Crippen LogP contribution >= 0.6 is 22.7 Å². The summed E-state index contributed by atoms with van der Waals surface area (Å²) in [6.07, 6.45) is 0.677. The molecule has 2 aromatic heterocycles. The molecule has 1 atom stereocenters. The fraction of sp³-hybridized carbons (Fsp3) is 0.412. The van der Waals surface area contributed by atoms with Crippen molar-refractivity contribution in [2.75, 3.05) is 18.4 Å². The smallest absolute Gasteiger partial charge is 0.410 e. The Kier molecular flexibility index (Phi) is 10.1. The highest BCUT2D eigenvalue weighted by atomic mass is 32.1. The minimum absolute atomic E-state index is 0.0905. The summed E-state index contributed by atoms with van der Waals surface area (Å²) in [5, 5.41) is 4.67. The van der Waals surface area contributed by atoms with E-state index in [-0.39, 0.29) is 37.6 Å². The summed E-state index contributed by atoms with van der Waals surface area (Å²) in [4.78, 5) is 48.6. The number of benzene rings is 2. The number of rotatable bonds is 9. The van der Waals surface area contributed by atoms with Crippen LogP contribution in [-0.2, 0) is 33.8 Å². The average Bonchev–Trinajstić information content (AvgIpc) is 3.59. The number of hydrogen-bond acceptors (Lipinski definition) is 8. The van der Waals surface area contributed by atoms with E-state index < -0.39 is 11.7 Å². The molecule has 0 bridgehead atoms. The third-order valence-electron chi connectivity index (χ3n) is 7.61. The van der Waals surface area contributed by atoms with Gasteiger partial charge in [-0.2, -0.15) is 0 Å². The zero-order valence-corrected chi connectivity index (χ0v) is 28.1. The van der Waals surface area contributed by atoms with E-state index in [0.29, 0.717) is 24.5 Å². The van der Waals surface area contributed by atoms with Crippen LogP contribution in [0.4, 0.5) is 14.6 Å². The standard InChI is InChI=1S/C34H40N4O5S2/c1-6-22(2)38(33(41)42-21-23-12-8-7-9-13-23)19-17-28(39)36-31-29(30-35-25-14-10-11-15-26(25)44-30)24-16-18-37(20-27(24)45-31)32(40)43-34(3,4)5/h7-15,22H,6,16-21H2,1-5H3,(H,36,39). The zero-order chi connectivity index (χ0) is 32.1. The predicted molar refractivity (Wildman–Crippen MR) is 180 cm³/mol. The molecule has 0 fully saturated rings. The van der Waals surface area contributed by atoms with Gasteiger partial charge in [0.15, 0.2) is 0 Å². The highest BCUT2D eigenvalue weighted by molar-refractivity contribution is 7.23. The van der Waals surface area contributed by atoms with E-state index in [4.69, 9.17) is 14.5 Å². The maximum absolute atomic E-state index is 13.4. The van der Waals surface area contributed by atoms with Crippen LogP contribution in [-0.4, -0.2) is 57.6 Å². The molecule has 1 aliphatic rings. The van der Waals surface area contributed by atoms with Crippen LogP contribution in [0.1, 0.15) is 63.5 Å². The number of thiophene rings is 1. The quantitative estimate of drug-likeness (QED) is 0.197. The molecule has 238 valence electrons. The first-order valence-corrected chi connectivity index (χ1v) is 16.9. The minimum Gasteiger partial charge on any atom is -0.445 e. The predicted octanol–water partition coefficient (Wildman–Crippen LogP) is 8.08. The van der Waals surface area contributed by atoms with E-state index >= 15 is 0 Å². The molecule has 3 amide bonds. The maximum Gasteiger partial charge on any atom is 0.410 e. The Hall–Kier alpha value is -3.96. The topological polar surface area (TPSA) is 101 Å². The average molecular weight is 649 g/mol. The number of nitrogens with zero attached hydrogens (tertiary/aromatic N) is 3. The summed E-state index contributed by atoms with van der Waals surface area (Å²) < 4.78 is 12.3. The minimum atomic E-state index is -0.588. The van der Waals surface area contributed by atoms with Crippen molar-refractivity contribution in [2.24, 2.45) is 0 Å². The van der Waals surface area contributed by atoms with E-state index in [0.717, 1.165) is 43.2 Å². The van der Waals surface area contributed by atoms with Gasteiger partial charge < -0.3 is 24.6 Å². The fourth-order valence-electron chi connectivity index (χ4n) is 5.10. The first-order chi connectivity index (χ1) is 21.5. The second-order valence-corrected chi connectivity index (χ2v) is 14.3. The van der Waals surface area contributed by atoms with Crippen molar-refractivity contribution in [1.82, 2.24) is 14.8 Å². The summed E-state index contributed by atoms with van der Waals surface area (Å²) in [6, 6.07) is 17.4. The summed E-state index contributed by atoms with van der Waals surface area (Å²) in [5.41, 5.74) is 3.23. The third-order valence-corrected chi connectivity index (χ3v) is 9.80. The van der Waals surface area contributed by atoms with Gasteiger partial charge in [-0.15, -0.1) is 22.7 Å². The van der Waals surface area contributed by atoms with E-state index in [1.807, 2.05) is 89.2 Å². The first-order valence-electron chi connectivity index (χ1n) is 15.3. The lowest BCUT2D eigenvalue weighted by molar-refractivity contribution is -0.116. The molecule has 3 heterocycles. The van der Waals surface area contributed by atoms with Crippen LogP contribution in [0.5, 0.6) is 0 Å². The number of anilines is 1. The number of thiazole rings is 1. The number of carbonyl (C=O) groups excluding carboxylic acids is 3. The lowest BCUT2D eigenvalue weighted by atomic mass is 10.0. The third kappa shape index (κ3) is 8.01. The fourth-order valence-corrected chi connectivity index (χ4v) is 7.49. The molecule has 45 heavy (non-hydrogen) atoms. The summed E-state index contributed by atoms with van der Waals surface area (Å²) in [7, 11) is 0. The largest absolute Gasteiger partial charge is 0.445 e. The van der Waals surface area contributed by atoms with Crippen molar-refractivity contribution < 1.29 is 23.9 Å².